The molecule has 1 rings (SSSR count). The van der Waals surface area contributed by atoms with Crippen LogP contribution in [0.5, 0.6) is 0 Å². The molecule has 0 radical (unpaired) electrons. The quantitative estimate of drug-likeness (QED) is 0.765. The maximum Gasteiger partial charge on any atom is 0.330 e. The number of carboxylic acid groups (broad SMARTS) is 1. The topological polar surface area (TPSA) is 37.3 Å². The standard InChI is InChI=1S/C13H16O2/c1-10-6-3-4-8-12(10)9-5-7-11(2)13(14)15/h3-4,6-8H,5,9H2,1-2H3,(H,14,15)/b11-7+. The summed E-state index contributed by atoms with van der Waals surface area (Å²) in [7, 11) is 0. The lowest BCUT2D eigenvalue weighted by Gasteiger charge is -2.02. The monoisotopic (exact) mass is 204 g/mol. The van der Waals surface area contributed by atoms with Crippen LogP contribution in [0.4, 0.5) is 0 Å². The maximum absolute atomic E-state index is 10.5. The van der Waals surface area contributed by atoms with Crippen molar-refractivity contribution in [2.75, 3.05) is 0 Å². The van der Waals surface area contributed by atoms with Crippen LogP contribution in [0, 0.1) is 6.92 Å². The van der Waals surface area contributed by atoms with E-state index < -0.39 is 5.97 Å². The maximum atomic E-state index is 10.5. The number of carboxylic acids is 1. The van der Waals surface area contributed by atoms with E-state index in [2.05, 4.69) is 19.1 Å². The Hall–Kier alpha value is -1.57. The second kappa shape index (κ2) is 5.35. The van der Waals surface area contributed by atoms with Gasteiger partial charge < -0.3 is 5.11 Å². The zero-order valence-electron chi connectivity index (χ0n) is 9.16. The van der Waals surface area contributed by atoms with Gasteiger partial charge in [-0.3, -0.25) is 0 Å². The van der Waals surface area contributed by atoms with Crippen molar-refractivity contribution in [3.05, 3.63) is 47.0 Å². The fourth-order valence-electron chi connectivity index (χ4n) is 1.42. The predicted molar refractivity (Wildman–Crippen MR) is 60.9 cm³/mol. The van der Waals surface area contributed by atoms with Crippen LogP contribution in [-0.2, 0) is 11.2 Å². The van der Waals surface area contributed by atoms with Crippen molar-refractivity contribution in [2.45, 2.75) is 26.7 Å². The van der Waals surface area contributed by atoms with Crippen LogP contribution in [0.2, 0.25) is 0 Å². The average Bonchev–Trinajstić information content (AvgIpc) is 2.20. The second-order valence-electron chi connectivity index (χ2n) is 3.66. The first-order valence-electron chi connectivity index (χ1n) is 5.06. The highest BCUT2D eigenvalue weighted by Crippen LogP contribution is 2.10. The number of aliphatic carboxylic acids is 1. The smallest absolute Gasteiger partial charge is 0.330 e. The van der Waals surface area contributed by atoms with Gasteiger partial charge in [0.25, 0.3) is 0 Å². The van der Waals surface area contributed by atoms with E-state index in [0.29, 0.717) is 5.57 Å². The normalized spacial score (nSPS) is 11.5. The van der Waals surface area contributed by atoms with Crippen LogP contribution in [0.1, 0.15) is 24.5 Å². The molecule has 15 heavy (non-hydrogen) atoms. The summed E-state index contributed by atoms with van der Waals surface area (Å²) in [6, 6.07) is 8.18. The largest absolute Gasteiger partial charge is 0.478 e. The van der Waals surface area contributed by atoms with Crippen LogP contribution < -0.4 is 0 Å². The SMILES string of the molecule is C/C(=C\CCc1ccccc1C)C(=O)O. The summed E-state index contributed by atoms with van der Waals surface area (Å²) < 4.78 is 0. The van der Waals surface area contributed by atoms with Gasteiger partial charge in [-0.15, -0.1) is 0 Å². The van der Waals surface area contributed by atoms with E-state index >= 15 is 0 Å². The summed E-state index contributed by atoms with van der Waals surface area (Å²) in [5, 5.41) is 8.67. The van der Waals surface area contributed by atoms with Gasteiger partial charge in [0.1, 0.15) is 0 Å². The van der Waals surface area contributed by atoms with Crippen molar-refractivity contribution < 1.29 is 9.90 Å². The van der Waals surface area contributed by atoms with Gasteiger partial charge in [0.15, 0.2) is 0 Å². The Bertz CT molecular complexity index is 378. The first-order valence-corrected chi connectivity index (χ1v) is 5.06. The molecule has 0 fully saturated rings. The van der Waals surface area contributed by atoms with Crippen molar-refractivity contribution in [1.82, 2.24) is 0 Å². The van der Waals surface area contributed by atoms with Crippen LogP contribution in [-0.4, -0.2) is 11.1 Å². The van der Waals surface area contributed by atoms with Gasteiger partial charge in [-0.05, 0) is 37.8 Å². The van der Waals surface area contributed by atoms with Gasteiger partial charge in [-0.1, -0.05) is 30.3 Å². The lowest BCUT2D eigenvalue weighted by atomic mass is 10.0. The summed E-state index contributed by atoms with van der Waals surface area (Å²) in [6.07, 6.45) is 3.45. The molecular formula is C13H16O2. The zero-order chi connectivity index (χ0) is 11.3. The lowest BCUT2D eigenvalue weighted by Crippen LogP contribution is -1.96. The fraction of sp³-hybridized carbons (Fsp3) is 0.308. The molecule has 0 aliphatic carbocycles. The number of hydrogen-bond donors (Lipinski definition) is 1. The number of benzene rings is 1. The van der Waals surface area contributed by atoms with Gasteiger partial charge in [0.2, 0.25) is 0 Å². The third-order valence-electron chi connectivity index (χ3n) is 2.46. The van der Waals surface area contributed by atoms with Gasteiger partial charge >= 0.3 is 5.97 Å². The molecule has 0 saturated heterocycles. The molecule has 0 aromatic heterocycles. The van der Waals surface area contributed by atoms with E-state index in [-0.39, 0.29) is 0 Å². The van der Waals surface area contributed by atoms with Crippen molar-refractivity contribution in [2.24, 2.45) is 0 Å². The van der Waals surface area contributed by atoms with Gasteiger partial charge in [0, 0.05) is 5.57 Å². The zero-order valence-corrected chi connectivity index (χ0v) is 9.16. The van der Waals surface area contributed by atoms with E-state index in [0.717, 1.165) is 12.8 Å². The van der Waals surface area contributed by atoms with E-state index in [1.165, 1.54) is 11.1 Å². The molecule has 1 aromatic carbocycles. The van der Waals surface area contributed by atoms with Crippen molar-refractivity contribution >= 4 is 5.97 Å². The number of allylic oxidation sites excluding steroid dienone is 1. The molecule has 0 saturated carbocycles. The Labute approximate surface area is 90.3 Å². The van der Waals surface area contributed by atoms with Crippen molar-refractivity contribution in [3.63, 3.8) is 0 Å². The van der Waals surface area contributed by atoms with E-state index in [9.17, 15) is 4.79 Å². The number of rotatable bonds is 4. The molecule has 0 aliphatic heterocycles. The second-order valence-corrected chi connectivity index (χ2v) is 3.66. The molecule has 1 aromatic rings. The molecule has 0 heterocycles. The molecule has 0 spiro atoms. The van der Waals surface area contributed by atoms with E-state index in [1.807, 2.05) is 12.1 Å². The van der Waals surface area contributed by atoms with E-state index in [1.54, 1.807) is 13.0 Å². The van der Waals surface area contributed by atoms with Crippen LogP contribution in [0.25, 0.3) is 0 Å². The number of aryl methyl sites for hydroxylation is 2. The van der Waals surface area contributed by atoms with E-state index in [4.69, 9.17) is 5.11 Å². The highest BCUT2D eigenvalue weighted by atomic mass is 16.4. The Morgan fingerprint density at radius 1 is 1.40 bits per heavy atom. The Morgan fingerprint density at radius 3 is 2.67 bits per heavy atom. The van der Waals surface area contributed by atoms with Crippen molar-refractivity contribution in [3.8, 4) is 0 Å². The van der Waals surface area contributed by atoms with Crippen LogP contribution >= 0.6 is 0 Å². The van der Waals surface area contributed by atoms with Crippen LogP contribution in [0.3, 0.4) is 0 Å². The molecule has 0 atom stereocenters. The molecule has 2 nitrogen and oxygen atoms in total. The highest BCUT2D eigenvalue weighted by Gasteiger charge is 1.99. The lowest BCUT2D eigenvalue weighted by molar-refractivity contribution is -0.132. The minimum atomic E-state index is -0.834. The Balaban J connectivity index is 2.55. The Kier molecular flexibility index (Phi) is 4.10. The third kappa shape index (κ3) is 3.58. The summed E-state index contributed by atoms with van der Waals surface area (Å²) in [4.78, 5) is 10.5. The molecule has 80 valence electrons. The highest BCUT2D eigenvalue weighted by molar-refractivity contribution is 5.85. The van der Waals surface area contributed by atoms with Crippen LogP contribution in [0.15, 0.2) is 35.9 Å². The summed E-state index contributed by atoms with van der Waals surface area (Å²) in [5.41, 5.74) is 2.97. The molecule has 1 N–H and O–H groups in total. The van der Waals surface area contributed by atoms with Crippen molar-refractivity contribution in [1.29, 1.82) is 0 Å². The molecule has 0 unspecified atom stereocenters. The summed E-state index contributed by atoms with van der Waals surface area (Å²) in [6.45, 7) is 3.70. The molecule has 2 heteroatoms. The summed E-state index contributed by atoms with van der Waals surface area (Å²) in [5.74, 6) is -0.834. The van der Waals surface area contributed by atoms with Gasteiger partial charge in [-0.25, -0.2) is 4.79 Å². The average molecular weight is 204 g/mol. The molecule has 0 bridgehead atoms. The first kappa shape index (κ1) is 11.5. The predicted octanol–water partition coefficient (Wildman–Crippen LogP) is 2.96. The molecule has 0 aliphatic rings. The molecule has 0 amide bonds. The van der Waals surface area contributed by atoms with Gasteiger partial charge in [0.05, 0.1) is 0 Å². The molecular weight excluding hydrogens is 188 g/mol. The summed E-state index contributed by atoms with van der Waals surface area (Å²) >= 11 is 0. The Morgan fingerprint density at radius 2 is 2.07 bits per heavy atom. The first-order chi connectivity index (χ1) is 7.11. The fourth-order valence-corrected chi connectivity index (χ4v) is 1.42. The minimum Gasteiger partial charge on any atom is -0.478 e. The number of hydrogen-bond acceptors (Lipinski definition) is 1. The minimum absolute atomic E-state index is 0.420. The third-order valence-corrected chi connectivity index (χ3v) is 2.46. The van der Waals surface area contributed by atoms with Gasteiger partial charge in [-0.2, -0.15) is 0 Å². The number of carbonyl (C=O) groups is 1.